The molecule has 0 spiro atoms. The first-order chi connectivity index (χ1) is 10.2. The largest absolute Gasteiger partial charge is 0.494 e. The van der Waals surface area contributed by atoms with Gasteiger partial charge in [0.1, 0.15) is 5.75 Å². The van der Waals surface area contributed by atoms with Crippen LogP contribution >= 0.6 is 27.7 Å². The summed E-state index contributed by atoms with van der Waals surface area (Å²) in [4.78, 5) is 8.94. The van der Waals surface area contributed by atoms with Gasteiger partial charge in [-0.1, -0.05) is 11.8 Å². The van der Waals surface area contributed by atoms with Crippen molar-refractivity contribution >= 4 is 44.4 Å². The number of nitrogens with zero attached hydrogens (tertiary/aromatic N) is 1. The molecule has 0 unspecified atom stereocenters. The zero-order valence-electron chi connectivity index (χ0n) is 11.4. The van der Waals surface area contributed by atoms with Gasteiger partial charge in [-0.3, -0.25) is 0 Å². The summed E-state index contributed by atoms with van der Waals surface area (Å²) in [5, 5.41) is 0.837. The number of rotatable bonds is 4. The van der Waals surface area contributed by atoms with Crippen molar-refractivity contribution in [3.8, 4) is 5.75 Å². The second-order valence-corrected chi connectivity index (χ2v) is 6.33. The molecular weight excluding hydrogens is 350 g/mol. The third kappa shape index (κ3) is 3.16. The van der Waals surface area contributed by atoms with Crippen molar-refractivity contribution < 1.29 is 4.74 Å². The molecule has 0 aliphatic heterocycles. The van der Waals surface area contributed by atoms with Crippen molar-refractivity contribution in [2.75, 3.05) is 12.3 Å². The summed E-state index contributed by atoms with van der Waals surface area (Å²) < 4.78 is 6.46. The maximum absolute atomic E-state index is 5.75. The summed E-state index contributed by atoms with van der Waals surface area (Å²) in [7, 11) is 0. The van der Waals surface area contributed by atoms with Crippen LogP contribution in [-0.2, 0) is 0 Å². The number of fused-ring (bicyclic) bond motifs is 1. The Bertz CT molecular complexity index is 788. The monoisotopic (exact) mass is 363 g/mol. The van der Waals surface area contributed by atoms with Crippen molar-refractivity contribution in [3.05, 3.63) is 40.9 Å². The molecule has 0 aliphatic carbocycles. The molecule has 0 saturated carbocycles. The highest BCUT2D eigenvalue weighted by molar-refractivity contribution is 9.10. The maximum Gasteiger partial charge on any atom is 0.171 e. The Morgan fingerprint density at radius 2 is 2.14 bits per heavy atom. The lowest BCUT2D eigenvalue weighted by atomic mass is 10.3. The SMILES string of the molecule is CCOc1ccc2nc(Sc3ccc(N)cc3Br)[nH]c2c1. The zero-order chi connectivity index (χ0) is 14.8. The van der Waals surface area contributed by atoms with Crippen molar-refractivity contribution in [3.63, 3.8) is 0 Å². The molecule has 1 aromatic heterocycles. The molecular formula is C15H14BrN3OS. The zero-order valence-corrected chi connectivity index (χ0v) is 13.8. The van der Waals surface area contributed by atoms with E-state index in [0.717, 1.165) is 37.0 Å². The number of nitrogens with one attached hydrogen (secondary N) is 1. The lowest BCUT2D eigenvalue weighted by Crippen LogP contribution is -1.90. The van der Waals surface area contributed by atoms with Gasteiger partial charge in [-0.25, -0.2) is 4.98 Å². The van der Waals surface area contributed by atoms with Gasteiger partial charge in [-0.2, -0.15) is 0 Å². The van der Waals surface area contributed by atoms with Gasteiger partial charge >= 0.3 is 0 Å². The Morgan fingerprint density at radius 3 is 2.90 bits per heavy atom. The standard InChI is InChI=1S/C15H14BrN3OS/c1-2-20-10-4-5-12-13(8-10)19-15(18-12)21-14-6-3-9(17)7-11(14)16/h3-8H,2,17H2,1H3,(H,18,19). The molecule has 0 saturated heterocycles. The van der Waals surface area contributed by atoms with E-state index in [1.807, 2.05) is 43.3 Å². The second kappa shape index (κ2) is 5.99. The molecule has 0 fully saturated rings. The maximum atomic E-state index is 5.75. The van der Waals surface area contributed by atoms with Crippen molar-refractivity contribution in [1.82, 2.24) is 9.97 Å². The van der Waals surface area contributed by atoms with E-state index >= 15 is 0 Å². The smallest absolute Gasteiger partial charge is 0.171 e. The normalized spacial score (nSPS) is 11.0. The van der Waals surface area contributed by atoms with Crippen LogP contribution in [0.1, 0.15) is 6.92 Å². The van der Waals surface area contributed by atoms with Gasteiger partial charge in [0.2, 0.25) is 0 Å². The Morgan fingerprint density at radius 1 is 1.29 bits per heavy atom. The number of aromatic amines is 1. The minimum absolute atomic E-state index is 0.652. The molecule has 3 rings (SSSR count). The van der Waals surface area contributed by atoms with Gasteiger partial charge in [0.05, 0.1) is 17.6 Å². The highest BCUT2D eigenvalue weighted by Crippen LogP contribution is 2.34. The fraction of sp³-hybridized carbons (Fsp3) is 0.133. The molecule has 0 radical (unpaired) electrons. The number of hydrogen-bond acceptors (Lipinski definition) is 4. The van der Waals surface area contributed by atoms with E-state index in [2.05, 4.69) is 25.9 Å². The van der Waals surface area contributed by atoms with E-state index in [0.29, 0.717) is 6.61 Å². The quantitative estimate of drug-likeness (QED) is 0.671. The van der Waals surface area contributed by atoms with Crippen LogP contribution in [0, 0.1) is 0 Å². The summed E-state index contributed by atoms with van der Waals surface area (Å²) in [6.07, 6.45) is 0. The van der Waals surface area contributed by atoms with Crippen LogP contribution in [0.2, 0.25) is 0 Å². The lowest BCUT2D eigenvalue weighted by Gasteiger charge is -2.02. The average molecular weight is 364 g/mol. The van der Waals surface area contributed by atoms with E-state index in [4.69, 9.17) is 10.5 Å². The highest BCUT2D eigenvalue weighted by Gasteiger charge is 2.08. The Kier molecular flexibility index (Phi) is 4.07. The minimum atomic E-state index is 0.652. The van der Waals surface area contributed by atoms with Crippen LogP contribution < -0.4 is 10.5 Å². The Balaban J connectivity index is 1.90. The molecule has 0 amide bonds. The molecule has 3 aromatic rings. The number of nitrogen functional groups attached to an aromatic ring is 1. The van der Waals surface area contributed by atoms with Crippen molar-refractivity contribution in [1.29, 1.82) is 0 Å². The predicted molar refractivity (Wildman–Crippen MR) is 89.9 cm³/mol. The molecule has 0 atom stereocenters. The van der Waals surface area contributed by atoms with Crippen LogP contribution in [0.5, 0.6) is 5.75 Å². The molecule has 6 heteroatoms. The summed E-state index contributed by atoms with van der Waals surface area (Å²) in [6.45, 7) is 2.62. The number of ether oxygens (including phenoxy) is 1. The summed E-state index contributed by atoms with van der Waals surface area (Å²) in [5.41, 5.74) is 8.38. The average Bonchev–Trinajstić information content (AvgIpc) is 2.84. The molecule has 0 bridgehead atoms. The third-order valence-electron chi connectivity index (χ3n) is 2.91. The number of H-pyrrole nitrogens is 1. The number of imidazole rings is 1. The van der Waals surface area contributed by atoms with Gasteiger partial charge in [-0.05, 0) is 53.2 Å². The van der Waals surface area contributed by atoms with Gasteiger partial charge < -0.3 is 15.5 Å². The van der Waals surface area contributed by atoms with Gasteiger partial charge in [0.15, 0.2) is 5.16 Å². The fourth-order valence-corrected chi connectivity index (χ4v) is 3.42. The molecule has 108 valence electrons. The van der Waals surface area contributed by atoms with E-state index in [1.54, 1.807) is 11.8 Å². The lowest BCUT2D eigenvalue weighted by molar-refractivity contribution is 0.340. The second-order valence-electron chi connectivity index (χ2n) is 4.45. The van der Waals surface area contributed by atoms with Crippen LogP contribution in [0.15, 0.2) is 50.9 Å². The molecule has 21 heavy (non-hydrogen) atoms. The number of aromatic nitrogens is 2. The number of benzene rings is 2. The van der Waals surface area contributed by atoms with Crippen LogP contribution in [0.3, 0.4) is 0 Å². The van der Waals surface area contributed by atoms with E-state index in [-0.39, 0.29) is 0 Å². The van der Waals surface area contributed by atoms with Gasteiger partial charge in [0.25, 0.3) is 0 Å². The number of anilines is 1. The van der Waals surface area contributed by atoms with Crippen molar-refractivity contribution in [2.45, 2.75) is 17.0 Å². The first kappa shape index (κ1) is 14.3. The topological polar surface area (TPSA) is 63.9 Å². The summed E-state index contributed by atoms with van der Waals surface area (Å²) >= 11 is 5.08. The predicted octanol–water partition coefficient (Wildman–Crippen LogP) is 4.46. The Hall–Kier alpha value is -1.66. The molecule has 4 nitrogen and oxygen atoms in total. The first-order valence-electron chi connectivity index (χ1n) is 6.51. The fourth-order valence-electron chi connectivity index (χ4n) is 1.97. The molecule has 3 N–H and O–H groups in total. The van der Waals surface area contributed by atoms with Crippen LogP contribution in [0.4, 0.5) is 5.69 Å². The van der Waals surface area contributed by atoms with E-state index in [9.17, 15) is 0 Å². The molecule has 0 aliphatic rings. The van der Waals surface area contributed by atoms with E-state index < -0.39 is 0 Å². The number of hydrogen-bond donors (Lipinski definition) is 2. The highest BCUT2D eigenvalue weighted by atomic mass is 79.9. The number of nitrogens with two attached hydrogens (primary N) is 1. The molecule has 2 aromatic carbocycles. The van der Waals surface area contributed by atoms with Crippen LogP contribution in [-0.4, -0.2) is 16.6 Å². The van der Waals surface area contributed by atoms with Gasteiger partial charge in [0, 0.05) is 21.1 Å². The Labute approximate surface area is 135 Å². The summed E-state index contributed by atoms with van der Waals surface area (Å²) in [5.74, 6) is 0.846. The third-order valence-corrected chi connectivity index (χ3v) is 4.79. The molecule has 1 heterocycles. The first-order valence-corrected chi connectivity index (χ1v) is 8.12. The van der Waals surface area contributed by atoms with E-state index in [1.165, 1.54) is 0 Å². The summed E-state index contributed by atoms with van der Waals surface area (Å²) in [6, 6.07) is 11.6. The van der Waals surface area contributed by atoms with Crippen LogP contribution in [0.25, 0.3) is 11.0 Å². The van der Waals surface area contributed by atoms with Crippen molar-refractivity contribution in [2.24, 2.45) is 0 Å². The van der Waals surface area contributed by atoms with Gasteiger partial charge in [-0.15, -0.1) is 0 Å². The number of halogens is 1. The minimum Gasteiger partial charge on any atom is -0.494 e.